The molecular weight excluding hydrogens is 258 g/mol. The number of rotatable bonds is 6. The molecule has 0 amide bonds. The zero-order valence-corrected chi connectivity index (χ0v) is 12.1. The van der Waals surface area contributed by atoms with Crippen LogP contribution in [-0.2, 0) is 9.47 Å². The number of nitrogens with two attached hydrogens (primary N) is 1. The molecule has 1 aliphatic rings. The highest BCUT2D eigenvalue weighted by atomic mass is 16.5. The summed E-state index contributed by atoms with van der Waals surface area (Å²) in [6, 6.07) is 5.43. The van der Waals surface area contributed by atoms with Gasteiger partial charge >= 0.3 is 0 Å². The quantitative estimate of drug-likeness (QED) is 0.863. The van der Waals surface area contributed by atoms with Gasteiger partial charge in [-0.2, -0.15) is 0 Å². The molecule has 2 N–H and O–H groups in total. The molecule has 2 rings (SSSR count). The van der Waals surface area contributed by atoms with E-state index in [0.29, 0.717) is 6.61 Å². The molecule has 1 aromatic rings. The van der Waals surface area contributed by atoms with Gasteiger partial charge in [0.25, 0.3) is 0 Å². The standard InChI is InChI=1S/C15H23NO4/c1-17-12-3-4-13(15(9-12)18-2)14(16)10-20-11-5-7-19-8-6-11/h3-4,9,11,14H,5-8,10,16H2,1-2H3. The molecule has 0 spiro atoms. The second-order valence-corrected chi connectivity index (χ2v) is 4.86. The van der Waals surface area contributed by atoms with Crippen LogP contribution >= 0.6 is 0 Å². The molecule has 5 heteroatoms. The molecule has 5 nitrogen and oxygen atoms in total. The summed E-state index contributed by atoms with van der Waals surface area (Å²) >= 11 is 0. The smallest absolute Gasteiger partial charge is 0.127 e. The van der Waals surface area contributed by atoms with Crippen LogP contribution in [0.5, 0.6) is 11.5 Å². The van der Waals surface area contributed by atoms with Crippen LogP contribution in [0.4, 0.5) is 0 Å². The van der Waals surface area contributed by atoms with Crippen molar-refractivity contribution in [1.82, 2.24) is 0 Å². The van der Waals surface area contributed by atoms with Gasteiger partial charge in [-0.25, -0.2) is 0 Å². The lowest BCUT2D eigenvalue weighted by Gasteiger charge is -2.24. The normalized spacial score (nSPS) is 17.8. The van der Waals surface area contributed by atoms with Crippen molar-refractivity contribution < 1.29 is 18.9 Å². The lowest BCUT2D eigenvalue weighted by atomic mass is 10.1. The van der Waals surface area contributed by atoms with Crippen LogP contribution in [-0.4, -0.2) is 40.1 Å². The van der Waals surface area contributed by atoms with Crippen molar-refractivity contribution in [3.05, 3.63) is 23.8 Å². The Morgan fingerprint density at radius 1 is 1.25 bits per heavy atom. The predicted molar refractivity (Wildman–Crippen MR) is 76.3 cm³/mol. The summed E-state index contributed by atoms with van der Waals surface area (Å²) in [5.74, 6) is 1.48. The summed E-state index contributed by atoms with van der Waals surface area (Å²) < 4.78 is 21.7. The summed E-state index contributed by atoms with van der Waals surface area (Å²) in [7, 11) is 3.26. The third-order valence-corrected chi connectivity index (χ3v) is 3.52. The van der Waals surface area contributed by atoms with Gasteiger partial charge in [0.1, 0.15) is 11.5 Å². The maximum Gasteiger partial charge on any atom is 0.127 e. The Bertz CT molecular complexity index is 418. The summed E-state index contributed by atoms with van der Waals surface area (Å²) in [4.78, 5) is 0. The van der Waals surface area contributed by atoms with E-state index >= 15 is 0 Å². The Hall–Kier alpha value is -1.30. The minimum Gasteiger partial charge on any atom is -0.497 e. The third-order valence-electron chi connectivity index (χ3n) is 3.52. The Morgan fingerprint density at radius 2 is 2.00 bits per heavy atom. The molecule has 112 valence electrons. The molecule has 1 heterocycles. The minimum atomic E-state index is -0.210. The summed E-state index contributed by atoms with van der Waals surface area (Å²) in [6.07, 6.45) is 2.12. The van der Waals surface area contributed by atoms with E-state index in [-0.39, 0.29) is 12.1 Å². The van der Waals surface area contributed by atoms with Crippen LogP contribution < -0.4 is 15.2 Å². The largest absolute Gasteiger partial charge is 0.497 e. The predicted octanol–water partition coefficient (Wildman–Crippen LogP) is 1.90. The van der Waals surface area contributed by atoms with Crippen molar-refractivity contribution in [2.45, 2.75) is 25.0 Å². The van der Waals surface area contributed by atoms with E-state index in [4.69, 9.17) is 24.7 Å². The SMILES string of the molecule is COc1ccc(C(N)COC2CCOCC2)c(OC)c1. The second kappa shape index (κ2) is 7.47. The molecule has 20 heavy (non-hydrogen) atoms. The molecule has 1 unspecified atom stereocenters. The zero-order chi connectivity index (χ0) is 14.4. The monoisotopic (exact) mass is 281 g/mol. The highest BCUT2D eigenvalue weighted by Crippen LogP contribution is 2.29. The van der Waals surface area contributed by atoms with E-state index in [1.54, 1.807) is 14.2 Å². The van der Waals surface area contributed by atoms with Gasteiger partial charge in [0.2, 0.25) is 0 Å². The molecular formula is C15H23NO4. The molecule has 1 atom stereocenters. The Morgan fingerprint density at radius 3 is 2.65 bits per heavy atom. The van der Waals surface area contributed by atoms with Crippen LogP contribution in [0.1, 0.15) is 24.4 Å². The van der Waals surface area contributed by atoms with Gasteiger partial charge in [-0.3, -0.25) is 0 Å². The first kappa shape index (κ1) is 15.1. The molecule has 1 saturated heterocycles. The van der Waals surface area contributed by atoms with Gasteiger partial charge in [-0.1, -0.05) is 0 Å². The fraction of sp³-hybridized carbons (Fsp3) is 0.600. The van der Waals surface area contributed by atoms with Crippen molar-refractivity contribution in [3.63, 3.8) is 0 Å². The van der Waals surface area contributed by atoms with Gasteiger partial charge in [0.05, 0.1) is 33.0 Å². The van der Waals surface area contributed by atoms with E-state index < -0.39 is 0 Å². The van der Waals surface area contributed by atoms with E-state index in [0.717, 1.165) is 43.1 Å². The number of ether oxygens (including phenoxy) is 4. The molecule has 1 fully saturated rings. The topological polar surface area (TPSA) is 62.9 Å². The third kappa shape index (κ3) is 3.85. The van der Waals surface area contributed by atoms with E-state index in [1.165, 1.54) is 0 Å². The Labute approximate surface area is 120 Å². The zero-order valence-electron chi connectivity index (χ0n) is 12.1. The number of benzene rings is 1. The number of methoxy groups -OCH3 is 2. The highest BCUT2D eigenvalue weighted by molar-refractivity contribution is 5.42. The Kier molecular flexibility index (Phi) is 5.64. The van der Waals surface area contributed by atoms with Gasteiger partial charge in [-0.05, 0) is 25.0 Å². The molecule has 0 aromatic heterocycles. The van der Waals surface area contributed by atoms with E-state index in [9.17, 15) is 0 Å². The first-order chi connectivity index (χ1) is 9.74. The first-order valence-electron chi connectivity index (χ1n) is 6.91. The van der Waals surface area contributed by atoms with Crippen LogP contribution in [0.25, 0.3) is 0 Å². The van der Waals surface area contributed by atoms with Gasteiger partial charge in [0.15, 0.2) is 0 Å². The van der Waals surface area contributed by atoms with Crippen molar-refractivity contribution in [2.24, 2.45) is 5.73 Å². The molecule has 0 aliphatic carbocycles. The molecule has 0 bridgehead atoms. The average Bonchev–Trinajstić information content (AvgIpc) is 2.52. The molecule has 1 aromatic carbocycles. The lowest BCUT2D eigenvalue weighted by Crippen LogP contribution is -2.27. The van der Waals surface area contributed by atoms with Gasteiger partial charge < -0.3 is 24.7 Å². The van der Waals surface area contributed by atoms with E-state index in [2.05, 4.69) is 0 Å². The van der Waals surface area contributed by atoms with Crippen LogP contribution in [0.2, 0.25) is 0 Å². The maximum absolute atomic E-state index is 6.20. The van der Waals surface area contributed by atoms with Crippen LogP contribution in [0.15, 0.2) is 18.2 Å². The minimum absolute atomic E-state index is 0.210. The van der Waals surface area contributed by atoms with Crippen molar-refractivity contribution in [1.29, 1.82) is 0 Å². The summed E-state index contributed by atoms with van der Waals surface area (Å²) in [6.45, 7) is 2.02. The van der Waals surface area contributed by atoms with Crippen molar-refractivity contribution in [3.8, 4) is 11.5 Å². The summed E-state index contributed by atoms with van der Waals surface area (Å²) in [5, 5.41) is 0. The first-order valence-corrected chi connectivity index (χ1v) is 6.91. The molecule has 1 aliphatic heterocycles. The molecule has 0 saturated carbocycles. The van der Waals surface area contributed by atoms with Gasteiger partial charge in [-0.15, -0.1) is 0 Å². The Balaban J connectivity index is 1.95. The summed E-state index contributed by atoms with van der Waals surface area (Å²) in [5.41, 5.74) is 7.13. The van der Waals surface area contributed by atoms with Crippen LogP contribution in [0.3, 0.4) is 0 Å². The maximum atomic E-state index is 6.20. The fourth-order valence-electron chi connectivity index (χ4n) is 2.30. The number of hydrogen-bond donors (Lipinski definition) is 1. The van der Waals surface area contributed by atoms with E-state index in [1.807, 2.05) is 18.2 Å². The second-order valence-electron chi connectivity index (χ2n) is 4.86. The lowest BCUT2D eigenvalue weighted by molar-refractivity contribution is -0.0359. The van der Waals surface area contributed by atoms with Crippen molar-refractivity contribution >= 4 is 0 Å². The number of hydrogen-bond acceptors (Lipinski definition) is 5. The average molecular weight is 281 g/mol. The fourth-order valence-corrected chi connectivity index (χ4v) is 2.30. The van der Waals surface area contributed by atoms with Gasteiger partial charge in [0, 0.05) is 24.8 Å². The van der Waals surface area contributed by atoms with Crippen molar-refractivity contribution in [2.75, 3.05) is 34.0 Å². The highest BCUT2D eigenvalue weighted by Gasteiger charge is 2.18. The van der Waals surface area contributed by atoms with Crippen LogP contribution in [0, 0.1) is 0 Å². The molecule has 0 radical (unpaired) electrons.